The van der Waals surface area contributed by atoms with Crippen LogP contribution in [0.3, 0.4) is 0 Å². The Balaban J connectivity index is 1.50. The number of alkyl halides is 3. The SMILES string of the molecule is NS(=O)(=O)c1ccc(N2CCN(CC(=O)N3CCCC(C(F)(F)F)C3)CC2)cc1. The Labute approximate surface area is 168 Å². The maximum absolute atomic E-state index is 12.9. The van der Waals surface area contributed by atoms with E-state index in [-0.39, 0.29) is 30.3 Å². The summed E-state index contributed by atoms with van der Waals surface area (Å²) in [5.74, 6) is -1.69. The number of anilines is 1. The second kappa shape index (κ2) is 8.49. The van der Waals surface area contributed by atoms with Gasteiger partial charge in [-0.1, -0.05) is 0 Å². The lowest BCUT2D eigenvalue weighted by Crippen LogP contribution is -2.52. The maximum Gasteiger partial charge on any atom is 0.393 e. The summed E-state index contributed by atoms with van der Waals surface area (Å²) in [4.78, 5) is 17.8. The quantitative estimate of drug-likeness (QED) is 0.771. The van der Waals surface area contributed by atoms with Gasteiger partial charge in [-0.2, -0.15) is 13.2 Å². The van der Waals surface area contributed by atoms with Gasteiger partial charge < -0.3 is 9.80 Å². The zero-order valence-corrected chi connectivity index (χ0v) is 16.8. The standard InChI is InChI=1S/C18H25F3N4O3S/c19-18(20,21)14-2-1-7-25(12-14)17(26)13-23-8-10-24(11-9-23)15-3-5-16(6-4-15)29(22,27)28/h3-6,14H,1-2,7-13H2,(H2,22,27,28). The number of piperazine rings is 1. The molecule has 1 atom stereocenters. The molecule has 0 radical (unpaired) electrons. The van der Waals surface area contributed by atoms with Crippen molar-refractivity contribution in [1.82, 2.24) is 9.80 Å². The number of carbonyl (C=O) groups excluding carboxylic acids is 1. The number of primary sulfonamides is 1. The third-order valence-corrected chi connectivity index (χ3v) is 6.43. The van der Waals surface area contributed by atoms with Crippen molar-refractivity contribution in [2.45, 2.75) is 23.9 Å². The molecule has 2 heterocycles. The third-order valence-electron chi connectivity index (χ3n) is 5.50. The second-order valence-corrected chi connectivity index (χ2v) is 9.08. The number of piperidine rings is 1. The number of nitrogens with zero attached hydrogens (tertiary/aromatic N) is 3. The number of nitrogens with two attached hydrogens (primary N) is 1. The summed E-state index contributed by atoms with van der Waals surface area (Å²) in [6.07, 6.45) is -3.81. The summed E-state index contributed by atoms with van der Waals surface area (Å²) in [7, 11) is -3.74. The van der Waals surface area contributed by atoms with Crippen LogP contribution in [0.5, 0.6) is 0 Å². The summed E-state index contributed by atoms with van der Waals surface area (Å²) in [6, 6.07) is 6.28. The zero-order chi connectivity index (χ0) is 21.2. The molecule has 1 amide bonds. The number of halogens is 3. The van der Waals surface area contributed by atoms with Gasteiger partial charge in [0, 0.05) is 45.0 Å². The summed E-state index contributed by atoms with van der Waals surface area (Å²) >= 11 is 0. The van der Waals surface area contributed by atoms with Crippen molar-refractivity contribution in [2.24, 2.45) is 11.1 Å². The number of amides is 1. The van der Waals surface area contributed by atoms with Crippen molar-refractivity contribution in [3.05, 3.63) is 24.3 Å². The topological polar surface area (TPSA) is 87.0 Å². The molecule has 1 unspecified atom stereocenters. The van der Waals surface area contributed by atoms with Gasteiger partial charge in [0.2, 0.25) is 15.9 Å². The molecule has 0 aliphatic carbocycles. The van der Waals surface area contributed by atoms with Crippen LogP contribution in [-0.2, 0) is 14.8 Å². The number of hydrogen-bond acceptors (Lipinski definition) is 5. The molecule has 0 bridgehead atoms. The molecule has 2 aliphatic rings. The van der Waals surface area contributed by atoms with Crippen LogP contribution in [0.15, 0.2) is 29.2 Å². The largest absolute Gasteiger partial charge is 0.393 e. The Bertz CT molecular complexity index is 822. The van der Waals surface area contributed by atoms with E-state index in [1.807, 2.05) is 4.90 Å². The molecule has 11 heteroatoms. The van der Waals surface area contributed by atoms with Gasteiger partial charge in [-0.15, -0.1) is 0 Å². The van der Waals surface area contributed by atoms with Crippen LogP contribution in [0.1, 0.15) is 12.8 Å². The Morgan fingerprint density at radius 3 is 2.24 bits per heavy atom. The number of carbonyl (C=O) groups is 1. The van der Waals surface area contributed by atoms with Crippen molar-refractivity contribution in [2.75, 3.05) is 50.7 Å². The van der Waals surface area contributed by atoms with Crippen LogP contribution in [0.4, 0.5) is 18.9 Å². The summed E-state index contributed by atoms with van der Waals surface area (Å²) < 4.78 is 61.5. The average molecular weight is 434 g/mol. The van der Waals surface area contributed by atoms with Crippen molar-refractivity contribution in [1.29, 1.82) is 0 Å². The van der Waals surface area contributed by atoms with E-state index in [1.54, 1.807) is 12.1 Å². The predicted octanol–water partition coefficient (Wildman–Crippen LogP) is 1.26. The molecule has 0 aromatic heterocycles. The van der Waals surface area contributed by atoms with E-state index in [4.69, 9.17) is 5.14 Å². The van der Waals surface area contributed by atoms with Crippen LogP contribution in [0, 0.1) is 5.92 Å². The number of benzene rings is 1. The molecule has 2 saturated heterocycles. The Kier molecular flexibility index (Phi) is 6.39. The highest BCUT2D eigenvalue weighted by atomic mass is 32.2. The summed E-state index contributed by atoms with van der Waals surface area (Å²) in [5, 5.41) is 5.10. The molecular weight excluding hydrogens is 409 g/mol. The lowest BCUT2D eigenvalue weighted by atomic mass is 9.97. The fourth-order valence-electron chi connectivity index (χ4n) is 3.77. The van der Waals surface area contributed by atoms with E-state index < -0.39 is 22.1 Å². The highest BCUT2D eigenvalue weighted by Crippen LogP contribution is 2.33. The minimum absolute atomic E-state index is 0.0455. The van der Waals surface area contributed by atoms with Crippen molar-refractivity contribution < 1.29 is 26.4 Å². The van der Waals surface area contributed by atoms with Gasteiger partial charge in [0.1, 0.15) is 0 Å². The third kappa shape index (κ3) is 5.61. The summed E-state index contributed by atoms with van der Waals surface area (Å²) in [6.45, 7) is 2.70. The van der Waals surface area contributed by atoms with Gasteiger partial charge in [-0.3, -0.25) is 9.69 Å². The van der Waals surface area contributed by atoms with Crippen molar-refractivity contribution in [3.8, 4) is 0 Å². The van der Waals surface area contributed by atoms with Crippen LogP contribution in [0.2, 0.25) is 0 Å². The molecule has 2 fully saturated rings. The van der Waals surface area contributed by atoms with Gasteiger partial charge in [-0.25, -0.2) is 13.6 Å². The lowest BCUT2D eigenvalue weighted by molar-refractivity contribution is -0.188. The number of sulfonamides is 1. The number of likely N-dealkylation sites (tertiary alicyclic amines) is 1. The van der Waals surface area contributed by atoms with Crippen LogP contribution in [0.25, 0.3) is 0 Å². The monoisotopic (exact) mass is 434 g/mol. The van der Waals surface area contributed by atoms with Gasteiger partial charge >= 0.3 is 6.18 Å². The fraction of sp³-hybridized carbons (Fsp3) is 0.611. The van der Waals surface area contributed by atoms with Crippen LogP contribution >= 0.6 is 0 Å². The van der Waals surface area contributed by atoms with Gasteiger partial charge in [-0.05, 0) is 37.1 Å². The van der Waals surface area contributed by atoms with E-state index >= 15 is 0 Å². The van der Waals surface area contributed by atoms with E-state index in [2.05, 4.69) is 4.90 Å². The second-order valence-electron chi connectivity index (χ2n) is 7.52. The first kappa shape index (κ1) is 21.8. The van der Waals surface area contributed by atoms with Gasteiger partial charge in [0.25, 0.3) is 0 Å². The highest BCUT2D eigenvalue weighted by Gasteiger charge is 2.42. The lowest BCUT2D eigenvalue weighted by Gasteiger charge is -2.38. The Morgan fingerprint density at radius 2 is 1.69 bits per heavy atom. The minimum atomic E-state index is -4.26. The molecule has 0 saturated carbocycles. The van der Waals surface area contributed by atoms with Crippen molar-refractivity contribution >= 4 is 21.6 Å². The molecule has 0 spiro atoms. The van der Waals surface area contributed by atoms with Gasteiger partial charge in [0.15, 0.2) is 0 Å². The highest BCUT2D eigenvalue weighted by molar-refractivity contribution is 7.89. The fourth-order valence-corrected chi connectivity index (χ4v) is 4.29. The van der Waals surface area contributed by atoms with Crippen molar-refractivity contribution in [3.63, 3.8) is 0 Å². The molecule has 162 valence electrons. The molecule has 3 rings (SSSR count). The molecule has 29 heavy (non-hydrogen) atoms. The van der Waals surface area contributed by atoms with E-state index in [0.717, 1.165) is 5.69 Å². The van der Waals surface area contributed by atoms with E-state index in [0.29, 0.717) is 39.1 Å². The average Bonchev–Trinajstić information content (AvgIpc) is 2.67. The first-order valence-electron chi connectivity index (χ1n) is 9.49. The Hall–Kier alpha value is -1.85. The first-order valence-corrected chi connectivity index (χ1v) is 11.0. The maximum atomic E-state index is 12.9. The van der Waals surface area contributed by atoms with Gasteiger partial charge in [0.05, 0.1) is 17.4 Å². The molecule has 1 aromatic rings. The zero-order valence-electron chi connectivity index (χ0n) is 15.9. The summed E-state index contributed by atoms with van der Waals surface area (Å²) in [5.41, 5.74) is 0.854. The predicted molar refractivity (Wildman–Crippen MR) is 102 cm³/mol. The molecule has 2 aliphatic heterocycles. The van der Waals surface area contributed by atoms with E-state index in [9.17, 15) is 26.4 Å². The molecular formula is C18H25F3N4O3S. The normalized spacial score (nSPS) is 22.0. The molecule has 7 nitrogen and oxygen atoms in total. The first-order chi connectivity index (χ1) is 13.5. The van der Waals surface area contributed by atoms with E-state index in [1.165, 1.54) is 17.0 Å². The van der Waals surface area contributed by atoms with Crippen LogP contribution in [-0.4, -0.2) is 76.1 Å². The molecule has 2 N–H and O–H groups in total. The molecule has 1 aromatic carbocycles. The van der Waals surface area contributed by atoms with Crippen LogP contribution < -0.4 is 10.0 Å². The Morgan fingerprint density at radius 1 is 1.07 bits per heavy atom. The minimum Gasteiger partial charge on any atom is -0.369 e. The smallest absolute Gasteiger partial charge is 0.369 e. The number of hydrogen-bond donors (Lipinski definition) is 1. The number of rotatable bonds is 4.